The molecule has 2 bridgehead atoms. The minimum Gasteiger partial charge on any atom is -0.350 e. The minimum atomic E-state index is 0.661. The van der Waals surface area contributed by atoms with E-state index >= 15 is 0 Å². The number of pyridine rings is 1. The molecule has 4 unspecified atom stereocenters. The van der Waals surface area contributed by atoms with E-state index < -0.39 is 0 Å². The first-order valence-electron chi connectivity index (χ1n) is 6.98. The van der Waals surface area contributed by atoms with E-state index in [1.54, 1.807) is 0 Å². The summed E-state index contributed by atoms with van der Waals surface area (Å²) in [5.74, 6) is 4.65. The first-order valence-corrected chi connectivity index (χ1v) is 6.98. The molecule has 3 saturated carbocycles. The molecule has 2 heterocycles. The van der Waals surface area contributed by atoms with E-state index in [0.717, 1.165) is 35.3 Å². The third-order valence-electron chi connectivity index (χ3n) is 5.27. The SMILES string of the molecule is c1ccn2nc(NC3C4C5CCC(C5)C34)nc2c1. The lowest BCUT2D eigenvalue weighted by atomic mass is 10.0. The zero-order chi connectivity index (χ0) is 11.7. The third-order valence-corrected chi connectivity index (χ3v) is 5.27. The van der Waals surface area contributed by atoms with Crippen molar-refractivity contribution >= 4 is 11.6 Å². The van der Waals surface area contributed by atoms with E-state index in [2.05, 4.69) is 15.4 Å². The molecule has 0 aliphatic heterocycles. The van der Waals surface area contributed by atoms with Crippen LogP contribution in [-0.2, 0) is 0 Å². The molecule has 0 saturated heterocycles. The fourth-order valence-corrected chi connectivity index (χ4v) is 4.56. The summed E-state index contributed by atoms with van der Waals surface area (Å²) in [7, 11) is 0. The van der Waals surface area contributed by atoms with Crippen LogP contribution in [0.15, 0.2) is 24.4 Å². The Hall–Kier alpha value is -1.58. The van der Waals surface area contributed by atoms with Gasteiger partial charge in [0, 0.05) is 12.2 Å². The second kappa shape index (κ2) is 3.05. The number of hydrogen-bond donors (Lipinski definition) is 1. The van der Waals surface area contributed by atoms with Crippen LogP contribution >= 0.6 is 0 Å². The third kappa shape index (κ3) is 1.11. The maximum Gasteiger partial charge on any atom is 0.243 e. The lowest BCUT2D eigenvalue weighted by Crippen LogP contribution is -2.13. The van der Waals surface area contributed by atoms with E-state index in [-0.39, 0.29) is 0 Å². The second-order valence-electron chi connectivity index (χ2n) is 6.10. The number of nitrogens with zero attached hydrogens (tertiary/aromatic N) is 3. The molecular formula is C14H16N4. The summed E-state index contributed by atoms with van der Waals surface area (Å²) in [5, 5.41) is 8.05. The van der Waals surface area contributed by atoms with Gasteiger partial charge in [-0.05, 0) is 55.1 Å². The summed E-state index contributed by atoms with van der Waals surface area (Å²) in [6.45, 7) is 0. The molecule has 92 valence electrons. The van der Waals surface area contributed by atoms with Gasteiger partial charge in [0.25, 0.3) is 0 Å². The van der Waals surface area contributed by atoms with Gasteiger partial charge in [0.15, 0.2) is 5.65 Å². The molecule has 0 radical (unpaired) electrons. The van der Waals surface area contributed by atoms with Crippen molar-refractivity contribution < 1.29 is 0 Å². The molecule has 18 heavy (non-hydrogen) atoms. The van der Waals surface area contributed by atoms with Crippen molar-refractivity contribution in [3.8, 4) is 0 Å². The fraction of sp³-hybridized carbons (Fsp3) is 0.571. The average molecular weight is 240 g/mol. The Bertz CT molecular complexity index is 570. The molecule has 4 heteroatoms. The zero-order valence-corrected chi connectivity index (χ0v) is 10.2. The Balaban J connectivity index is 1.42. The van der Waals surface area contributed by atoms with Gasteiger partial charge in [-0.25, -0.2) is 4.52 Å². The van der Waals surface area contributed by atoms with E-state index in [1.165, 1.54) is 19.3 Å². The Kier molecular flexibility index (Phi) is 1.59. The van der Waals surface area contributed by atoms with Crippen molar-refractivity contribution in [1.82, 2.24) is 14.6 Å². The van der Waals surface area contributed by atoms with Crippen LogP contribution in [0.25, 0.3) is 5.65 Å². The second-order valence-corrected chi connectivity index (χ2v) is 6.10. The number of anilines is 1. The standard InChI is InChI=1S/C14H16N4/c1-2-6-18-10(3-1)15-14(17-18)16-13-11-8-4-5-9(7-8)12(11)13/h1-3,6,8-9,11-13H,4-5,7H2,(H,16,17). The van der Waals surface area contributed by atoms with Gasteiger partial charge in [0.2, 0.25) is 5.95 Å². The maximum atomic E-state index is 4.53. The molecule has 2 aromatic heterocycles. The largest absolute Gasteiger partial charge is 0.350 e. The fourth-order valence-electron chi connectivity index (χ4n) is 4.56. The van der Waals surface area contributed by atoms with Crippen LogP contribution in [0.5, 0.6) is 0 Å². The molecule has 1 N–H and O–H groups in total. The Labute approximate surface area is 105 Å². The Morgan fingerprint density at radius 2 is 2.00 bits per heavy atom. The minimum absolute atomic E-state index is 0.661. The van der Waals surface area contributed by atoms with E-state index in [4.69, 9.17) is 0 Å². The molecular weight excluding hydrogens is 224 g/mol. The van der Waals surface area contributed by atoms with Gasteiger partial charge in [0.1, 0.15) is 0 Å². The highest BCUT2D eigenvalue weighted by Gasteiger charge is 2.65. The number of aromatic nitrogens is 3. The summed E-state index contributed by atoms with van der Waals surface area (Å²) < 4.78 is 1.84. The normalized spacial score (nSPS) is 40.1. The molecule has 5 rings (SSSR count). The van der Waals surface area contributed by atoms with Gasteiger partial charge in [-0.15, -0.1) is 5.10 Å². The highest BCUT2D eigenvalue weighted by atomic mass is 15.4. The van der Waals surface area contributed by atoms with Gasteiger partial charge in [-0.2, -0.15) is 4.98 Å². The first kappa shape index (κ1) is 9.36. The van der Waals surface area contributed by atoms with Crippen molar-refractivity contribution in [3.05, 3.63) is 24.4 Å². The Morgan fingerprint density at radius 3 is 2.78 bits per heavy atom. The molecule has 4 atom stereocenters. The van der Waals surface area contributed by atoms with E-state index in [9.17, 15) is 0 Å². The van der Waals surface area contributed by atoms with Crippen LogP contribution in [0.3, 0.4) is 0 Å². The zero-order valence-electron chi connectivity index (χ0n) is 10.2. The van der Waals surface area contributed by atoms with E-state index in [0.29, 0.717) is 6.04 Å². The lowest BCUT2D eigenvalue weighted by Gasteiger charge is -2.08. The number of nitrogens with one attached hydrogen (secondary N) is 1. The summed E-state index contributed by atoms with van der Waals surface area (Å²) in [5.41, 5.74) is 0.925. The molecule has 2 aromatic rings. The van der Waals surface area contributed by atoms with Gasteiger partial charge < -0.3 is 5.32 Å². The molecule has 3 aliphatic rings. The van der Waals surface area contributed by atoms with Gasteiger partial charge in [0.05, 0.1) is 0 Å². The molecule has 3 aliphatic carbocycles. The van der Waals surface area contributed by atoms with Crippen molar-refractivity contribution in [1.29, 1.82) is 0 Å². The lowest BCUT2D eigenvalue weighted by molar-refractivity contribution is 0.456. The molecule has 4 nitrogen and oxygen atoms in total. The molecule has 3 fully saturated rings. The summed E-state index contributed by atoms with van der Waals surface area (Å²) >= 11 is 0. The van der Waals surface area contributed by atoms with Crippen LogP contribution < -0.4 is 5.32 Å². The van der Waals surface area contributed by atoms with Crippen LogP contribution in [-0.4, -0.2) is 20.6 Å². The van der Waals surface area contributed by atoms with Crippen LogP contribution in [0, 0.1) is 23.7 Å². The van der Waals surface area contributed by atoms with Crippen LogP contribution in [0.4, 0.5) is 5.95 Å². The molecule has 0 spiro atoms. The van der Waals surface area contributed by atoms with Gasteiger partial charge >= 0.3 is 0 Å². The van der Waals surface area contributed by atoms with Gasteiger partial charge in [-0.3, -0.25) is 0 Å². The summed E-state index contributed by atoms with van der Waals surface area (Å²) in [6, 6.07) is 6.64. The average Bonchev–Trinajstić information content (AvgIpc) is 2.79. The molecule has 0 amide bonds. The highest BCUT2D eigenvalue weighted by Crippen LogP contribution is 2.66. The number of hydrogen-bond acceptors (Lipinski definition) is 3. The predicted molar refractivity (Wildman–Crippen MR) is 68.2 cm³/mol. The molecule has 0 aromatic carbocycles. The smallest absolute Gasteiger partial charge is 0.243 e. The highest BCUT2D eigenvalue weighted by molar-refractivity contribution is 5.44. The van der Waals surface area contributed by atoms with E-state index in [1.807, 2.05) is 28.9 Å². The topological polar surface area (TPSA) is 42.2 Å². The summed E-state index contributed by atoms with van der Waals surface area (Å²) in [6.07, 6.45) is 6.36. The van der Waals surface area contributed by atoms with Crippen molar-refractivity contribution in [3.63, 3.8) is 0 Å². The first-order chi connectivity index (χ1) is 8.90. The number of fused-ring (bicyclic) bond motifs is 6. The maximum absolute atomic E-state index is 4.53. The van der Waals surface area contributed by atoms with Crippen molar-refractivity contribution in [2.24, 2.45) is 23.7 Å². The van der Waals surface area contributed by atoms with Gasteiger partial charge in [-0.1, -0.05) is 6.07 Å². The monoisotopic (exact) mass is 240 g/mol. The van der Waals surface area contributed by atoms with Crippen LogP contribution in [0.2, 0.25) is 0 Å². The quantitative estimate of drug-likeness (QED) is 0.875. The predicted octanol–water partition coefficient (Wildman–Crippen LogP) is 2.19. The number of rotatable bonds is 2. The Morgan fingerprint density at radius 1 is 1.17 bits per heavy atom. The summed E-state index contributed by atoms with van der Waals surface area (Å²) in [4.78, 5) is 4.53. The van der Waals surface area contributed by atoms with Crippen molar-refractivity contribution in [2.75, 3.05) is 5.32 Å². The van der Waals surface area contributed by atoms with Crippen LogP contribution in [0.1, 0.15) is 19.3 Å². The van der Waals surface area contributed by atoms with Crippen molar-refractivity contribution in [2.45, 2.75) is 25.3 Å².